The third kappa shape index (κ3) is 2.20. The summed E-state index contributed by atoms with van der Waals surface area (Å²) >= 11 is 0. The van der Waals surface area contributed by atoms with Crippen molar-refractivity contribution >= 4 is 5.97 Å². The van der Waals surface area contributed by atoms with Gasteiger partial charge in [-0.25, -0.2) is 4.79 Å². The Kier molecular flexibility index (Phi) is 3.29. The van der Waals surface area contributed by atoms with E-state index in [1.165, 1.54) is 23.6 Å². The molecule has 2 N–H and O–H groups in total. The van der Waals surface area contributed by atoms with Gasteiger partial charge in [0, 0.05) is 6.08 Å². The predicted molar refractivity (Wildman–Crippen MR) is 88.4 cm³/mol. The van der Waals surface area contributed by atoms with E-state index in [0.29, 0.717) is 23.5 Å². The van der Waals surface area contributed by atoms with E-state index in [9.17, 15) is 9.90 Å². The number of benzene rings is 1. The van der Waals surface area contributed by atoms with Crippen LogP contribution in [0.25, 0.3) is 0 Å². The van der Waals surface area contributed by atoms with Crippen LogP contribution in [-0.2, 0) is 11.2 Å². The monoisotopic (exact) mass is 312 g/mol. The summed E-state index contributed by atoms with van der Waals surface area (Å²) in [4.78, 5) is 11.2. The standard InChI is InChI=1S/C20H24O3/c1-20-9-8-16-15-6-4-14(21)10-12(15)2-5-17(16)18(20)7-3-13(20)11-19(22)23/h4,6,10-11,16-18,21H,2-3,5,7-9H2,1H3,(H,22,23)/b13-11+/t16-,17-,18+,20-/m1/s1. The van der Waals surface area contributed by atoms with Gasteiger partial charge in [-0.05, 0) is 85.0 Å². The molecule has 122 valence electrons. The Morgan fingerprint density at radius 3 is 2.87 bits per heavy atom. The summed E-state index contributed by atoms with van der Waals surface area (Å²) in [5.74, 6) is 1.42. The van der Waals surface area contributed by atoms with Crippen molar-refractivity contribution in [2.24, 2.45) is 17.3 Å². The average Bonchev–Trinajstić information content (AvgIpc) is 2.83. The molecule has 3 heteroatoms. The van der Waals surface area contributed by atoms with Crippen molar-refractivity contribution in [1.82, 2.24) is 0 Å². The highest BCUT2D eigenvalue weighted by Gasteiger charge is 2.52. The topological polar surface area (TPSA) is 57.5 Å². The van der Waals surface area contributed by atoms with Crippen LogP contribution in [0, 0.1) is 17.3 Å². The summed E-state index contributed by atoms with van der Waals surface area (Å²) in [6.07, 6.45) is 7.97. The Balaban J connectivity index is 1.69. The number of aliphatic carboxylic acids is 1. The molecule has 2 fully saturated rings. The number of carboxylic acids is 1. The number of hydrogen-bond acceptors (Lipinski definition) is 2. The highest BCUT2D eigenvalue weighted by Crippen LogP contribution is 2.62. The predicted octanol–water partition coefficient (Wildman–Crippen LogP) is 4.26. The zero-order chi connectivity index (χ0) is 16.2. The fraction of sp³-hybridized carbons (Fsp3) is 0.550. The van der Waals surface area contributed by atoms with Gasteiger partial charge in [0.25, 0.3) is 0 Å². The van der Waals surface area contributed by atoms with Crippen molar-refractivity contribution in [2.75, 3.05) is 0 Å². The Morgan fingerprint density at radius 1 is 1.26 bits per heavy atom. The molecule has 2 saturated carbocycles. The number of phenolic OH excluding ortho intramolecular Hbond substituents is 1. The summed E-state index contributed by atoms with van der Waals surface area (Å²) < 4.78 is 0. The first-order valence-electron chi connectivity index (χ1n) is 8.75. The molecule has 3 nitrogen and oxygen atoms in total. The summed E-state index contributed by atoms with van der Waals surface area (Å²) in [5.41, 5.74) is 3.98. The molecule has 0 unspecified atom stereocenters. The highest BCUT2D eigenvalue weighted by atomic mass is 16.4. The van der Waals surface area contributed by atoms with Crippen LogP contribution in [0.3, 0.4) is 0 Å². The number of aromatic hydroxyl groups is 1. The lowest BCUT2D eigenvalue weighted by Gasteiger charge is -2.49. The Bertz CT molecular complexity index is 690. The van der Waals surface area contributed by atoms with E-state index in [1.54, 1.807) is 0 Å². The van der Waals surface area contributed by atoms with Crippen molar-refractivity contribution in [2.45, 2.75) is 51.4 Å². The molecule has 0 spiro atoms. The molecule has 4 atom stereocenters. The van der Waals surface area contributed by atoms with Gasteiger partial charge >= 0.3 is 5.97 Å². The Hall–Kier alpha value is -1.77. The summed E-state index contributed by atoms with van der Waals surface area (Å²) in [6, 6.07) is 5.87. The van der Waals surface area contributed by atoms with Crippen molar-refractivity contribution in [1.29, 1.82) is 0 Å². The molecule has 1 aromatic rings. The van der Waals surface area contributed by atoms with Gasteiger partial charge in [-0.15, -0.1) is 0 Å². The molecule has 0 aromatic heterocycles. The first-order valence-corrected chi connectivity index (χ1v) is 8.75. The number of carboxylic acid groups (broad SMARTS) is 1. The molecule has 0 radical (unpaired) electrons. The Morgan fingerprint density at radius 2 is 2.09 bits per heavy atom. The number of rotatable bonds is 1. The van der Waals surface area contributed by atoms with Crippen LogP contribution in [0.5, 0.6) is 5.75 Å². The van der Waals surface area contributed by atoms with Crippen LogP contribution >= 0.6 is 0 Å². The molecule has 0 amide bonds. The number of aryl methyl sites for hydroxylation is 1. The van der Waals surface area contributed by atoms with E-state index < -0.39 is 5.97 Å². The van der Waals surface area contributed by atoms with Gasteiger partial charge in [-0.3, -0.25) is 0 Å². The maximum absolute atomic E-state index is 11.2. The average molecular weight is 312 g/mol. The molecule has 0 bridgehead atoms. The second-order valence-electron chi connectivity index (χ2n) is 7.80. The molecule has 0 aliphatic heterocycles. The van der Waals surface area contributed by atoms with Crippen LogP contribution in [0.15, 0.2) is 29.8 Å². The molecule has 23 heavy (non-hydrogen) atoms. The van der Waals surface area contributed by atoms with E-state index in [2.05, 4.69) is 13.0 Å². The normalized spacial score (nSPS) is 37.1. The van der Waals surface area contributed by atoms with Crippen LogP contribution in [0.4, 0.5) is 0 Å². The van der Waals surface area contributed by atoms with Crippen molar-refractivity contribution in [3.63, 3.8) is 0 Å². The lowest BCUT2D eigenvalue weighted by Crippen LogP contribution is -2.40. The molecule has 3 aliphatic rings. The summed E-state index contributed by atoms with van der Waals surface area (Å²) in [5, 5.41) is 18.9. The quantitative estimate of drug-likeness (QED) is 0.762. The molecule has 0 saturated heterocycles. The van der Waals surface area contributed by atoms with E-state index in [1.807, 2.05) is 12.1 Å². The number of carbonyl (C=O) groups is 1. The molecule has 1 aromatic carbocycles. The molecule has 0 heterocycles. The van der Waals surface area contributed by atoms with Gasteiger partial charge in [-0.1, -0.05) is 18.6 Å². The fourth-order valence-corrected chi connectivity index (χ4v) is 5.80. The second-order valence-corrected chi connectivity index (χ2v) is 7.80. The highest BCUT2D eigenvalue weighted by molar-refractivity contribution is 5.81. The van der Waals surface area contributed by atoms with Gasteiger partial charge in [0.1, 0.15) is 5.75 Å². The molecule has 3 aliphatic carbocycles. The Labute approximate surface area is 137 Å². The number of fused-ring (bicyclic) bond motifs is 5. The van der Waals surface area contributed by atoms with Crippen LogP contribution in [-0.4, -0.2) is 16.2 Å². The van der Waals surface area contributed by atoms with Crippen LogP contribution in [0.2, 0.25) is 0 Å². The minimum Gasteiger partial charge on any atom is -0.508 e. The van der Waals surface area contributed by atoms with Crippen molar-refractivity contribution < 1.29 is 15.0 Å². The summed E-state index contributed by atoms with van der Waals surface area (Å²) in [6.45, 7) is 2.29. The molecule has 4 rings (SSSR count). The largest absolute Gasteiger partial charge is 0.508 e. The lowest BCUT2D eigenvalue weighted by molar-refractivity contribution is -0.131. The zero-order valence-electron chi connectivity index (χ0n) is 13.6. The van der Waals surface area contributed by atoms with E-state index >= 15 is 0 Å². The van der Waals surface area contributed by atoms with Crippen LogP contribution in [0.1, 0.15) is 56.1 Å². The zero-order valence-corrected chi connectivity index (χ0v) is 13.6. The van der Waals surface area contributed by atoms with Crippen LogP contribution < -0.4 is 0 Å². The maximum atomic E-state index is 11.2. The molecular formula is C20H24O3. The van der Waals surface area contributed by atoms with Crippen molar-refractivity contribution in [3.8, 4) is 5.75 Å². The maximum Gasteiger partial charge on any atom is 0.328 e. The van der Waals surface area contributed by atoms with E-state index in [0.717, 1.165) is 37.7 Å². The first-order chi connectivity index (χ1) is 11.0. The van der Waals surface area contributed by atoms with Gasteiger partial charge < -0.3 is 10.2 Å². The van der Waals surface area contributed by atoms with Gasteiger partial charge in [0.05, 0.1) is 0 Å². The fourth-order valence-electron chi connectivity index (χ4n) is 5.80. The van der Waals surface area contributed by atoms with E-state index in [4.69, 9.17) is 5.11 Å². The van der Waals surface area contributed by atoms with Gasteiger partial charge in [-0.2, -0.15) is 0 Å². The minimum atomic E-state index is -0.798. The number of hydrogen-bond donors (Lipinski definition) is 2. The van der Waals surface area contributed by atoms with Gasteiger partial charge in [0.15, 0.2) is 0 Å². The smallest absolute Gasteiger partial charge is 0.328 e. The lowest BCUT2D eigenvalue weighted by atomic mass is 9.55. The SMILES string of the molecule is C[C@]12CC[C@@H]3c4ccc(O)cc4CC[C@H]3[C@@H]1CC/C2=C\C(=O)O. The van der Waals surface area contributed by atoms with Gasteiger partial charge in [0.2, 0.25) is 0 Å². The third-order valence-corrected chi connectivity index (χ3v) is 6.86. The first kappa shape index (κ1) is 14.8. The third-order valence-electron chi connectivity index (χ3n) is 6.86. The number of phenols is 1. The van der Waals surface area contributed by atoms with Crippen molar-refractivity contribution in [3.05, 3.63) is 41.0 Å². The molecular weight excluding hydrogens is 288 g/mol. The number of allylic oxidation sites excluding steroid dienone is 1. The minimum absolute atomic E-state index is 0.0774. The summed E-state index contributed by atoms with van der Waals surface area (Å²) in [7, 11) is 0. The van der Waals surface area contributed by atoms with E-state index in [-0.39, 0.29) is 5.41 Å². The second kappa shape index (κ2) is 5.12.